The number of aromatic carboxylic acids is 1. The van der Waals surface area contributed by atoms with E-state index in [-0.39, 0.29) is 12.2 Å². The van der Waals surface area contributed by atoms with E-state index in [0.29, 0.717) is 22.8 Å². The van der Waals surface area contributed by atoms with Crippen LogP contribution in [0.3, 0.4) is 0 Å². The first-order valence-corrected chi connectivity index (χ1v) is 11.0. The maximum absolute atomic E-state index is 13.5. The number of rotatable bonds is 6. The average Bonchev–Trinajstić information content (AvgIpc) is 3.30. The summed E-state index contributed by atoms with van der Waals surface area (Å²) in [6.45, 7) is 1.85. The Hall–Kier alpha value is -4.59. The molecule has 0 fully saturated rings. The van der Waals surface area contributed by atoms with E-state index in [1.54, 1.807) is 14.0 Å². The summed E-state index contributed by atoms with van der Waals surface area (Å²) >= 11 is 0. The zero-order valence-corrected chi connectivity index (χ0v) is 19.2. The number of carbonyl (C=O) groups excluding carboxylic acids is 1. The summed E-state index contributed by atoms with van der Waals surface area (Å²) in [5.41, 5.74) is 2.51. The fourth-order valence-corrected chi connectivity index (χ4v) is 4.48. The van der Waals surface area contributed by atoms with Crippen molar-refractivity contribution in [2.24, 2.45) is 0 Å². The van der Waals surface area contributed by atoms with Gasteiger partial charge in [0.1, 0.15) is 29.8 Å². The number of carboxylic acid groups (broad SMARTS) is 1. The summed E-state index contributed by atoms with van der Waals surface area (Å²) < 4.78 is 12.8. The number of nitrogens with zero attached hydrogens (tertiary/aromatic N) is 2. The lowest BCUT2D eigenvalue weighted by atomic mass is 9.91. The highest BCUT2D eigenvalue weighted by Gasteiger charge is 2.37. The molecule has 1 aliphatic rings. The third-order valence-corrected chi connectivity index (χ3v) is 6.12. The number of fused-ring (bicyclic) bond motifs is 2. The third-order valence-electron chi connectivity index (χ3n) is 6.12. The molecule has 0 radical (unpaired) electrons. The van der Waals surface area contributed by atoms with Crippen LogP contribution in [-0.2, 0) is 16.1 Å². The van der Waals surface area contributed by atoms with Crippen molar-refractivity contribution in [3.05, 3.63) is 101 Å². The van der Waals surface area contributed by atoms with Gasteiger partial charge in [0, 0.05) is 11.1 Å². The van der Waals surface area contributed by atoms with Gasteiger partial charge >= 0.3 is 11.9 Å². The number of carbonyl (C=O) groups is 2. The molecule has 5 rings (SSSR count). The Morgan fingerprint density at radius 1 is 1.03 bits per heavy atom. The minimum atomic E-state index is -1.11. The fraction of sp³-hybridized carbons (Fsp3) is 0.148. The van der Waals surface area contributed by atoms with Crippen molar-refractivity contribution in [2.45, 2.75) is 19.6 Å². The van der Waals surface area contributed by atoms with Crippen LogP contribution < -0.4 is 10.1 Å². The van der Waals surface area contributed by atoms with Gasteiger partial charge in [-0.05, 0) is 29.5 Å². The highest BCUT2D eigenvalue weighted by atomic mass is 16.5. The summed E-state index contributed by atoms with van der Waals surface area (Å²) in [4.78, 5) is 25.3. The van der Waals surface area contributed by atoms with E-state index >= 15 is 0 Å². The second-order valence-corrected chi connectivity index (χ2v) is 8.19. The fourth-order valence-electron chi connectivity index (χ4n) is 4.48. The van der Waals surface area contributed by atoms with E-state index in [0.717, 1.165) is 21.9 Å². The van der Waals surface area contributed by atoms with Crippen molar-refractivity contribution < 1.29 is 24.2 Å². The number of hydrogen-bond donors (Lipinski definition) is 2. The van der Waals surface area contributed by atoms with Gasteiger partial charge in [0.15, 0.2) is 0 Å². The molecule has 0 bridgehead atoms. The molecule has 35 heavy (non-hydrogen) atoms. The minimum absolute atomic E-state index is 0.0175. The van der Waals surface area contributed by atoms with Crippen molar-refractivity contribution in [1.82, 2.24) is 9.78 Å². The van der Waals surface area contributed by atoms with Gasteiger partial charge in [-0.3, -0.25) is 0 Å². The monoisotopic (exact) mass is 469 g/mol. The maximum Gasteiger partial charge on any atom is 0.341 e. The number of benzene rings is 3. The molecule has 0 saturated carbocycles. The summed E-state index contributed by atoms with van der Waals surface area (Å²) in [5.74, 6) is -0.625. The standard InChI is InChI=1S/C27H23N3O5/c1-16-23(27(33)35-15-17-8-4-3-5-9-17)24(30-25(29-16)21(14-28-30)26(31)32)20-12-13-22(34-2)19-11-7-6-10-18(19)20/h3-14,24,29H,15H2,1-2H3,(H,31,32). The molecule has 1 aliphatic heterocycles. The second kappa shape index (κ2) is 8.98. The smallest absolute Gasteiger partial charge is 0.341 e. The second-order valence-electron chi connectivity index (χ2n) is 8.19. The van der Waals surface area contributed by atoms with Gasteiger partial charge in [0.2, 0.25) is 0 Å². The van der Waals surface area contributed by atoms with Crippen LogP contribution in [0.15, 0.2) is 84.2 Å². The van der Waals surface area contributed by atoms with Crippen LogP contribution >= 0.6 is 0 Å². The van der Waals surface area contributed by atoms with E-state index in [4.69, 9.17) is 9.47 Å². The Morgan fingerprint density at radius 2 is 1.74 bits per heavy atom. The summed E-state index contributed by atoms with van der Waals surface area (Å²) in [6.07, 6.45) is 1.29. The van der Waals surface area contributed by atoms with Crippen LogP contribution in [0, 0.1) is 0 Å². The van der Waals surface area contributed by atoms with Crippen molar-refractivity contribution in [1.29, 1.82) is 0 Å². The molecule has 2 N–H and O–H groups in total. The minimum Gasteiger partial charge on any atom is -0.496 e. The largest absolute Gasteiger partial charge is 0.496 e. The van der Waals surface area contributed by atoms with E-state index in [1.165, 1.54) is 10.9 Å². The first-order valence-electron chi connectivity index (χ1n) is 11.0. The molecule has 2 heterocycles. The first kappa shape index (κ1) is 22.2. The van der Waals surface area contributed by atoms with Gasteiger partial charge in [-0.25, -0.2) is 14.3 Å². The van der Waals surface area contributed by atoms with Crippen LogP contribution in [-0.4, -0.2) is 33.9 Å². The Bertz CT molecular complexity index is 1470. The van der Waals surface area contributed by atoms with Crippen molar-refractivity contribution in [2.75, 3.05) is 12.4 Å². The molecule has 0 amide bonds. The molecule has 0 spiro atoms. The van der Waals surface area contributed by atoms with Gasteiger partial charge in [-0.2, -0.15) is 5.10 Å². The highest BCUT2D eigenvalue weighted by Crippen LogP contribution is 2.42. The van der Waals surface area contributed by atoms with E-state index < -0.39 is 18.0 Å². The Morgan fingerprint density at radius 3 is 2.46 bits per heavy atom. The quantitative estimate of drug-likeness (QED) is 0.392. The number of allylic oxidation sites excluding steroid dienone is 1. The van der Waals surface area contributed by atoms with Crippen LogP contribution in [0.5, 0.6) is 5.75 Å². The molecule has 4 aromatic rings. The lowest BCUT2D eigenvalue weighted by Crippen LogP contribution is -2.30. The number of aromatic nitrogens is 2. The molecule has 3 aromatic carbocycles. The number of esters is 1. The molecule has 0 aliphatic carbocycles. The predicted octanol–water partition coefficient (Wildman–Crippen LogP) is 4.78. The van der Waals surface area contributed by atoms with Crippen LogP contribution in [0.4, 0.5) is 5.82 Å². The molecule has 1 aromatic heterocycles. The Kier molecular flexibility index (Phi) is 5.70. The van der Waals surface area contributed by atoms with Gasteiger partial charge in [0.25, 0.3) is 0 Å². The summed E-state index contributed by atoms with van der Waals surface area (Å²) in [6, 6.07) is 20.1. The summed E-state index contributed by atoms with van der Waals surface area (Å²) in [7, 11) is 1.60. The number of carboxylic acids is 1. The lowest BCUT2D eigenvalue weighted by molar-refractivity contribution is -0.140. The summed E-state index contributed by atoms with van der Waals surface area (Å²) in [5, 5.41) is 18.8. The highest BCUT2D eigenvalue weighted by molar-refractivity contribution is 5.99. The lowest BCUT2D eigenvalue weighted by Gasteiger charge is -2.30. The molecule has 1 atom stereocenters. The van der Waals surface area contributed by atoms with Gasteiger partial charge in [-0.1, -0.05) is 60.7 Å². The van der Waals surface area contributed by atoms with Gasteiger partial charge in [0.05, 0.1) is 18.9 Å². The molecular formula is C27H23N3O5. The number of ether oxygens (including phenoxy) is 2. The van der Waals surface area contributed by atoms with Crippen molar-refractivity contribution >= 4 is 28.5 Å². The zero-order chi connectivity index (χ0) is 24.5. The van der Waals surface area contributed by atoms with E-state index in [2.05, 4.69) is 10.4 Å². The maximum atomic E-state index is 13.5. The van der Waals surface area contributed by atoms with Gasteiger partial charge < -0.3 is 19.9 Å². The molecular weight excluding hydrogens is 446 g/mol. The Balaban J connectivity index is 1.66. The average molecular weight is 469 g/mol. The topological polar surface area (TPSA) is 103 Å². The zero-order valence-electron chi connectivity index (χ0n) is 19.2. The van der Waals surface area contributed by atoms with Crippen molar-refractivity contribution in [3.8, 4) is 5.75 Å². The molecule has 176 valence electrons. The number of methoxy groups -OCH3 is 1. The van der Waals surface area contributed by atoms with Gasteiger partial charge in [-0.15, -0.1) is 0 Å². The number of hydrogen-bond acceptors (Lipinski definition) is 6. The molecule has 0 saturated heterocycles. The van der Waals surface area contributed by atoms with E-state index in [9.17, 15) is 14.7 Å². The SMILES string of the molecule is COc1ccc(C2C(C(=O)OCc3ccccc3)=C(C)Nc3c(C(=O)O)cnn32)c2ccccc12. The van der Waals surface area contributed by atoms with Crippen LogP contribution in [0.1, 0.15) is 34.5 Å². The molecule has 8 heteroatoms. The third kappa shape index (κ3) is 3.89. The predicted molar refractivity (Wildman–Crippen MR) is 130 cm³/mol. The van der Waals surface area contributed by atoms with Crippen LogP contribution in [0.2, 0.25) is 0 Å². The first-order chi connectivity index (χ1) is 17.0. The van der Waals surface area contributed by atoms with Crippen LogP contribution in [0.25, 0.3) is 10.8 Å². The molecule has 8 nitrogen and oxygen atoms in total. The Labute approximate surface area is 201 Å². The normalized spacial score (nSPS) is 14.9. The number of nitrogens with one attached hydrogen (secondary N) is 1. The number of anilines is 1. The van der Waals surface area contributed by atoms with Crippen molar-refractivity contribution in [3.63, 3.8) is 0 Å². The van der Waals surface area contributed by atoms with E-state index in [1.807, 2.05) is 66.7 Å². The molecule has 1 unspecified atom stereocenters.